The van der Waals surface area contributed by atoms with Crippen LogP contribution in [-0.4, -0.2) is 85.1 Å². The van der Waals surface area contributed by atoms with E-state index in [1.807, 2.05) is 27.7 Å². The molecular formula is C22H30N5O4+. The standard InChI is InChI=1S/C22H30N5O4/c1-14(2)9-12-27-20(28)18-19(24(3)22(27)29)23-21-25(10-6-11-26(18)21)16-13-15(30-4)7-8-17(16)31-5/h7-8,13-14,18H,6,9-12H2,1-5H3/q+1. The summed E-state index contributed by atoms with van der Waals surface area (Å²) in [5, 5.41) is 0. The van der Waals surface area contributed by atoms with E-state index < -0.39 is 6.04 Å². The molecule has 3 amide bonds. The molecule has 3 aliphatic heterocycles. The monoisotopic (exact) mass is 428 g/mol. The van der Waals surface area contributed by atoms with Crippen molar-refractivity contribution in [1.29, 1.82) is 0 Å². The first-order chi connectivity index (χ1) is 14.9. The number of guanidine groups is 1. The summed E-state index contributed by atoms with van der Waals surface area (Å²) in [6.45, 7) is 6.01. The van der Waals surface area contributed by atoms with Gasteiger partial charge in [0.15, 0.2) is 5.75 Å². The number of nitrogens with zero attached hydrogens (tertiary/aromatic N) is 5. The number of anilines is 1. The van der Waals surface area contributed by atoms with Crippen molar-refractivity contribution in [3.63, 3.8) is 0 Å². The van der Waals surface area contributed by atoms with Crippen LogP contribution in [0.4, 0.5) is 10.5 Å². The molecule has 1 atom stereocenters. The Labute approximate surface area is 182 Å². The summed E-state index contributed by atoms with van der Waals surface area (Å²) in [6, 6.07) is 4.72. The van der Waals surface area contributed by atoms with E-state index in [4.69, 9.17) is 14.5 Å². The van der Waals surface area contributed by atoms with Gasteiger partial charge < -0.3 is 9.47 Å². The van der Waals surface area contributed by atoms with E-state index in [1.54, 1.807) is 21.3 Å². The van der Waals surface area contributed by atoms with Gasteiger partial charge in [-0.2, -0.15) is 0 Å². The van der Waals surface area contributed by atoms with Crippen molar-refractivity contribution in [3.8, 4) is 11.5 Å². The van der Waals surface area contributed by atoms with Crippen molar-refractivity contribution < 1.29 is 23.6 Å². The lowest BCUT2D eigenvalue weighted by atomic mass is 10.1. The topological polar surface area (TPSA) is 77.7 Å². The molecule has 4 rings (SSSR count). The minimum atomic E-state index is -0.579. The molecule has 3 aliphatic rings. The quantitative estimate of drug-likeness (QED) is 0.648. The Hall–Kier alpha value is -3.10. The summed E-state index contributed by atoms with van der Waals surface area (Å²) >= 11 is 0. The third-order valence-electron chi connectivity index (χ3n) is 6.02. The van der Waals surface area contributed by atoms with Gasteiger partial charge in [0.25, 0.3) is 5.91 Å². The van der Waals surface area contributed by atoms with Crippen LogP contribution in [0.15, 0.2) is 23.2 Å². The highest BCUT2D eigenvalue weighted by molar-refractivity contribution is 6.24. The van der Waals surface area contributed by atoms with Crippen LogP contribution in [0.5, 0.6) is 11.5 Å². The zero-order chi connectivity index (χ0) is 22.3. The summed E-state index contributed by atoms with van der Waals surface area (Å²) < 4.78 is 13.0. The first-order valence-electron chi connectivity index (χ1n) is 10.7. The number of likely N-dealkylation sites (N-methyl/N-ethyl adjacent to an activating group) is 1. The van der Waals surface area contributed by atoms with Gasteiger partial charge in [0.1, 0.15) is 11.4 Å². The van der Waals surface area contributed by atoms with Crippen LogP contribution in [0, 0.1) is 5.92 Å². The molecule has 9 heteroatoms. The van der Waals surface area contributed by atoms with Crippen molar-refractivity contribution in [3.05, 3.63) is 18.2 Å². The van der Waals surface area contributed by atoms with Crippen LogP contribution >= 0.6 is 0 Å². The van der Waals surface area contributed by atoms with Gasteiger partial charge >= 0.3 is 12.0 Å². The lowest BCUT2D eigenvalue weighted by Gasteiger charge is -2.35. The number of imide groups is 1. The summed E-state index contributed by atoms with van der Waals surface area (Å²) in [5.74, 6) is 2.75. The largest absolute Gasteiger partial charge is 0.497 e. The van der Waals surface area contributed by atoms with Crippen molar-refractivity contribution in [2.24, 2.45) is 10.9 Å². The van der Waals surface area contributed by atoms with Crippen molar-refractivity contribution in [1.82, 2.24) is 9.80 Å². The molecular weight excluding hydrogens is 398 g/mol. The van der Waals surface area contributed by atoms with Crippen LogP contribution < -0.4 is 14.4 Å². The fourth-order valence-corrected chi connectivity index (χ4v) is 4.28. The second kappa shape index (κ2) is 8.20. The van der Waals surface area contributed by atoms with E-state index in [2.05, 4.69) is 13.8 Å². The lowest BCUT2D eigenvalue weighted by molar-refractivity contribution is -0.539. The van der Waals surface area contributed by atoms with E-state index in [9.17, 15) is 9.59 Å². The maximum Gasteiger partial charge on any atom is 0.397 e. The summed E-state index contributed by atoms with van der Waals surface area (Å²) in [6.07, 6.45) is 1.62. The highest BCUT2D eigenvalue weighted by Crippen LogP contribution is 2.35. The highest BCUT2D eigenvalue weighted by Gasteiger charge is 2.54. The number of hydrogen-bond acceptors (Lipinski definition) is 6. The van der Waals surface area contributed by atoms with Gasteiger partial charge in [0, 0.05) is 26.1 Å². The Morgan fingerprint density at radius 3 is 2.68 bits per heavy atom. The number of methoxy groups -OCH3 is 2. The molecule has 9 nitrogen and oxygen atoms in total. The number of fused-ring (bicyclic) bond motifs is 2. The van der Waals surface area contributed by atoms with Crippen molar-refractivity contribution in [2.45, 2.75) is 32.7 Å². The Bertz CT molecular complexity index is 971. The zero-order valence-corrected chi connectivity index (χ0v) is 18.8. The smallest absolute Gasteiger partial charge is 0.397 e. The number of aliphatic imine (C=N–C) groups is 1. The van der Waals surface area contributed by atoms with Gasteiger partial charge in [0.05, 0.1) is 27.3 Å². The Morgan fingerprint density at radius 1 is 1.23 bits per heavy atom. The third kappa shape index (κ3) is 3.51. The fourth-order valence-electron chi connectivity index (χ4n) is 4.28. The van der Waals surface area contributed by atoms with Gasteiger partial charge in [0.2, 0.25) is 11.9 Å². The second-order valence-electron chi connectivity index (χ2n) is 8.42. The molecule has 0 spiro atoms. The molecule has 0 aliphatic carbocycles. The number of amides is 3. The Morgan fingerprint density at radius 2 is 2.00 bits per heavy atom. The molecule has 0 saturated carbocycles. The zero-order valence-electron chi connectivity index (χ0n) is 18.8. The first-order valence-corrected chi connectivity index (χ1v) is 10.7. The van der Waals surface area contributed by atoms with Crippen LogP contribution in [0.1, 0.15) is 26.7 Å². The molecule has 0 aromatic heterocycles. The molecule has 1 aromatic rings. The average Bonchev–Trinajstić information content (AvgIpc) is 3.17. The average molecular weight is 429 g/mol. The predicted octanol–water partition coefficient (Wildman–Crippen LogP) is 2.00. The number of rotatable bonds is 6. The predicted molar refractivity (Wildman–Crippen MR) is 117 cm³/mol. The number of urea groups is 1. The van der Waals surface area contributed by atoms with E-state index >= 15 is 0 Å². The minimum absolute atomic E-state index is 0.197. The van der Waals surface area contributed by atoms with Crippen LogP contribution in [0.25, 0.3) is 0 Å². The molecule has 0 bridgehead atoms. The van der Waals surface area contributed by atoms with E-state index in [1.165, 1.54) is 9.80 Å². The van der Waals surface area contributed by atoms with Gasteiger partial charge in [-0.05, 0) is 24.5 Å². The normalized spacial score (nSPS) is 20.9. The summed E-state index contributed by atoms with van der Waals surface area (Å²) in [7, 11) is 4.94. The Kier molecular flexibility index (Phi) is 5.60. The number of hydrogen-bond donors (Lipinski definition) is 0. The molecule has 0 N–H and O–H groups in total. The molecule has 3 heterocycles. The van der Waals surface area contributed by atoms with Crippen molar-refractivity contribution >= 4 is 29.4 Å². The molecule has 1 aromatic carbocycles. The van der Waals surface area contributed by atoms with Crippen molar-refractivity contribution in [2.75, 3.05) is 45.8 Å². The molecule has 166 valence electrons. The Balaban J connectivity index is 1.74. The second-order valence-corrected chi connectivity index (χ2v) is 8.42. The maximum absolute atomic E-state index is 13.4. The molecule has 1 fully saturated rings. The maximum atomic E-state index is 13.4. The minimum Gasteiger partial charge on any atom is -0.497 e. The SMILES string of the molecule is COc1ccc(OC)c(N2CCC[N+]3=C2N=C2C3C(=O)N(CCC(C)C)C(=O)N2C)c1. The van der Waals surface area contributed by atoms with Crippen LogP contribution in [-0.2, 0) is 4.79 Å². The molecule has 1 unspecified atom stereocenters. The van der Waals surface area contributed by atoms with Crippen LogP contribution in [0.3, 0.4) is 0 Å². The lowest BCUT2D eigenvalue weighted by Crippen LogP contribution is -2.63. The van der Waals surface area contributed by atoms with Gasteiger partial charge in [-0.15, -0.1) is 0 Å². The number of amidine groups is 1. The van der Waals surface area contributed by atoms with Gasteiger partial charge in [-0.25, -0.2) is 14.3 Å². The van der Waals surface area contributed by atoms with Crippen LogP contribution in [0.2, 0.25) is 0 Å². The number of ether oxygens (including phenoxy) is 2. The van der Waals surface area contributed by atoms with E-state index in [0.29, 0.717) is 42.3 Å². The number of carbonyl (C=O) groups excluding carboxylic acids is 2. The number of benzene rings is 1. The molecule has 1 saturated heterocycles. The van der Waals surface area contributed by atoms with Gasteiger partial charge in [-0.3, -0.25) is 14.6 Å². The van der Waals surface area contributed by atoms with Gasteiger partial charge in [-0.1, -0.05) is 18.8 Å². The van der Waals surface area contributed by atoms with E-state index in [0.717, 1.165) is 25.1 Å². The summed E-state index contributed by atoms with van der Waals surface area (Å²) in [4.78, 5) is 36.0. The molecule has 31 heavy (non-hydrogen) atoms. The summed E-state index contributed by atoms with van der Waals surface area (Å²) in [5.41, 5.74) is 0.822. The highest BCUT2D eigenvalue weighted by atomic mass is 16.5. The molecule has 0 radical (unpaired) electrons. The number of carbonyl (C=O) groups is 2. The fraction of sp³-hybridized carbons (Fsp3) is 0.545. The van der Waals surface area contributed by atoms with E-state index in [-0.39, 0.29) is 11.9 Å². The third-order valence-corrected chi connectivity index (χ3v) is 6.02. The first kappa shape index (κ1) is 21.1.